The van der Waals surface area contributed by atoms with Gasteiger partial charge in [0.1, 0.15) is 0 Å². The van der Waals surface area contributed by atoms with Crippen molar-refractivity contribution in [2.24, 2.45) is 4.99 Å². The molecule has 3 heteroatoms. The van der Waals surface area contributed by atoms with Gasteiger partial charge in [0.2, 0.25) is 0 Å². The molecule has 0 aromatic heterocycles. The zero-order chi connectivity index (χ0) is 4.41. The number of hydrogen-bond acceptors (Lipinski definition) is 2. The molecule has 3 nitrogen and oxygen atoms in total. The second-order valence-corrected chi connectivity index (χ2v) is 0.886. The van der Waals surface area contributed by atoms with Crippen molar-refractivity contribution in [1.82, 2.24) is 0 Å². The average Bonchev–Trinajstić information content (AvgIpc) is 1.86. The average molecular weight is 84.1 g/mol. The van der Waals surface area contributed by atoms with Crippen molar-refractivity contribution in [3.63, 3.8) is 0 Å². The Morgan fingerprint density at radius 1 is 2.00 bits per heavy atom. The van der Waals surface area contributed by atoms with Gasteiger partial charge >= 0.3 is 0 Å². The van der Waals surface area contributed by atoms with Crippen molar-refractivity contribution < 1.29 is 9.53 Å². The zero-order valence-corrected chi connectivity index (χ0v) is 2.97. The maximum atomic E-state index is 9.89. The number of aliphatic imine (C=N–C) groups is 1. The summed E-state index contributed by atoms with van der Waals surface area (Å²) < 4.78 is 4.29. The van der Waals surface area contributed by atoms with Gasteiger partial charge in [-0.05, 0) is 0 Å². The number of amides is 1. The van der Waals surface area contributed by atoms with Gasteiger partial charge in [-0.3, -0.25) is 4.79 Å². The summed E-state index contributed by atoms with van der Waals surface area (Å²) in [5, 5.41) is 0. The van der Waals surface area contributed by atoms with Crippen molar-refractivity contribution in [3.8, 4) is 0 Å². The lowest BCUT2D eigenvalue weighted by atomic mass is 10.7. The molecule has 0 unspecified atom stereocenters. The molecule has 0 spiro atoms. The third-order valence-electron chi connectivity index (χ3n) is 0.431. The molecular weight excluding hydrogens is 82.0 g/mol. The third kappa shape index (κ3) is 0.381. The van der Waals surface area contributed by atoms with Crippen LogP contribution in [0.3, 0.4) is 0 Å². The van der Waals surface area contributed by atoms with Crippen molar-refractivity contribution in [2.75, 3.05) is 6.61 Å². The van der Waals surface area contributed by atoms with Gasteiger partial charge in [-0.25, -0.2) is 0 Å². The van der Waals surface area contributed by atoms with Crippen LogP contribution >= 0.6 is 0 Å². The van der Waals surface area contributed by atoms with Crippen LogP contribution in [0.4, 0.5) is 0 Å². The molecule has 1 aliphatic heterocycles. The minimum Gasteiger partial charge on any atom is -0.464 e. The molecule has 0 atom stereocenters. The Hall–Kier alpha value is -0.860. The highest BCUT2D eigenvalue weighted by atomic mass is 16.5. The number of rotatable bonds is 0. The fraction of sp³-hybridized carbons (Fsp3) is 0.333. The predicted molar refractivity (Wildman–Crippen MR) is 18.4 cm³/mol. The normalized spacial score (nSPS) is 18.3. The van der Waals surface area contributed by atoms with Gasteiger partial charge in [0.25, 0.3) is 12.3 Å². The molecule has 0 aromatic rings. The molecule has 0 aliphatic carbocycles. The smallest absolute Gasteiger partial charge is 0.287 e. The first-order chi connectivity index (χ1) is 2.89. The van der Waals surface area contributed by atoms with Gasteiger partial charge in [-0.1, -0.05) is 0 Å². The van der Waals surface area contributed by atoms with Crippen molar-refractivity contribution in [2.45, 2.75) is 0 Å². The molecule has 0 bridgehead atoms. The first kappa shape index (κ1) is 3.33. The van der Waals surface area contributed by atoms with E-state index in [0.717, 1.165) is 0 Å². The number of carbonyl (C=O) groups is 1. The molecule has 1 amide bonds. The van der Waals surface area contributed by atoms with Crippen LogP contribution in [0.25, 0.3) is 0 Å². The topological polar surface area (TPSA) is 38.7 Å². The summed E-state index contributed by atoms with van der Waals surface area (Å²) >= 11 is 0. The van der Waals surface area contributed by atoms with E-state index in [4.69, 9.17) is 0 Å². The molecular formula is C3H2NO2. The second kappa shape index (κ2) is 1.08. The first-order valence-electron chi connectivity index (χ1n) is 1.50. The van der Waals surface area contributed by atoms with E-state index >= 15 is 0 Å². The van der Waals surface area contributed by atoms with Crippen LogP contribution in [0.2, 0.25) is 0 Å². The van der Waals surface area contributed by atoms with Crippen molar-refractivity contribution in [1.29, 1.82) is 0 Å². The van der Waals surface area contributed by atoms with Gasteiger partial charge < -0.3 is 4.74 Å². The van der Waals surface area contributed by atoms with Crippen molar-refractivity contribution in [3.05, 3.63) is 0 Å². The molecule has 1 heterocycles. The number of ether oxygens (including phenoxy) is 1. The molecule has 0 saturated carbocycles. The van der Waals surface area contributed by atoms with Gasteiger partial charge in [-0.15, -0.1) is 0 Å². The fourth-order valence-corrected chi connectivity index (χ4v) is 0.209. The highest BCUT2D eigenvalue weighted by Gasteiger charge is 2.02. The Morgan fingerprint density at radius 2 is 2.83 bits per heavy atom. The summed E-state index contributed by atoms with van der Waals surface area (Å²) in [5.74, 6) is -0.255. The lowest BCUT2D eigenvalue weighted by Crippen LogP contribution is -1.92. The van der Waals surface area contributed by atoms with Crippen LogP contribution in [-0.4, -0.2) is 18.9 Å². The van der Waals surface area contributed by atoms with Crippen LogP contribution in [0, 0.1) is 0 Å². The maximum absolute atomic E-state index is 9.89. The highest BCUT2D eigenvalue weighted by Crippen LogP contribution is 1.83. The molecule has 1 rings (SSSR count). The van der Waals surface area contributed by atoms with E-state index in [1.54, 1.807) is 0 Å². The first-order valence-corrected chi connectivity index (χ1v) is 1.50. The molecule has 0 aromatic carbocycles. The molecule has 6 heavy (non-hydrogen) atoms. The van der Waals surface area contributed by atoms with E-state index in [1.807, 2.05) is 6.40 Å². The van der Waals surface area contributed by atoms with Crippen LogP contribution in [0.15, 0.2) is 4.99 Å². The molecule has 0 fully saturated rings. The van der Waals surface area contributed by atoms with Crippen LogP contribution < -0.4 is 0 Å². The maximum Gasteiger partial charge on any atom is 0.287 e. The van der Waals surface area contributed by atoms with E-state index in [0.29, 0.717) is 0 Å². The molecule has 0 saturated heterocycles. The Kier molecular flexibility index (Phi) is 0.602. The Labute approximate surface area is 34.6 Å². The molecule has 1 radical (unpaired) electrons. The van der Waals surface area contributed by atoms with Crippen molar-refractivity contribution >= 4 is 12.3 Å². The summed E-state index contributed by atoms with van der Waals surface area (Å²) in [6.45, 7) is 0.0694. The minimum absolute atomic E-state index is 0.0694. The van der Waals surface area contributed by atoms with Crippen LogP contribution in [0.5, 0.6) is 0 Å². The predicted octanol–water partition coefficient (Wildman–Crippen LogP) is -0.551. The van der Waals surface area contributed by atoms with Gasteiger partial charge in [0.15, 0.2) is 6.61 Å². The number of hydrogen-bond donors (Lipinski definition) is 0. The standard InChI is InChI=1S/C3H2NO2/c5-3-1-6-2-4-3/h1H2. The van der Waals surface area contributed by atoms with E-state index in [-0.39, 0.29) is 12.5 Å². The van der Waals surface area contributed by atoms with Crippen LogP contribution in [-0.2, 0) is 9.53 Å². The van der Waals surface area contributed by atoms with E-state index < -0.39 is 0 Å². The van der Waals surface area contributed by atoms with E-state index in [1.165, 1.54) is 0 Å². The Morgan fingerprint density at radius 3 is 3.00 bits per heavy atom. The number of nitrogens with zero attached hydrogens (tertiary/aromatic N) is 1. The largest absolute Gasteiger partial charge is 0.464 e. The summed E-state index contributed by atoms with van der Waals surface area (Å²) in [4.78, 5) is 13.0. The van der Waals surface area contributed by atoms with Gasteiger partial charge in [-0.2, -0.15) is 4.99 Å². The zero-order valence-electron chi connectivity index (χ0n) is 2.97. The minimum atomic E-state index is -0.255. The lowest BCUT2D eigenvalue weighted by Gasteiger charge is -1.74. The molecule has 31 valence electrons. The lowest BCUT2D eigenvalue weighted by molar-refractivity contribution is -0.118. The highest BCUT2D eigenvalue weighted by molar-refractivity contribution is 5.88. The molecule has 1 aliphatic rings. The van der Waals surface area contributed by atoms with E-state index in [9.17, 15) is 4.79 Å². The van der Waals surface area contributed by atoms with E-state index in [2.05, 4.69) is 9.73 Å². The molecule has 0 N–H and O–H groups in total. The summed E-state index contributed by atoms with van der Waals surface area (Å²) in [7, 11) is 0. The SMILES string of the molecule is O=C1CO[C]=N1. The van der Waals surface area contributed by atoms with Gasteiger partial charge in [0.05, 0.1) is 0 Å². The number of carbonyl (C=O) groups excluding carboxylic acids is 1. The van der Waals surface area contributed by atoms with Gasteiger partial charge in [0, 0.05) is 0 Å². The monoisotopic (exact) mass is 84.0 g/mol. The van der Waals surface area contributed by atoms with Crippen LogP contribution in [0.1, 0.15) is 0 Å². The summed E-state index contributed by atoms with van der Waals surface area (Å²) in [5.41, 5.74) is 0. The Balaban J connectivity index is 2.59. The summed E-state index contributed by atoms with van der Waals surface area (Å²) in [6.07, 6.45) is 2.05. The quantitative estimate of drug-likeness (QED) is 0.395. The second-order valence-electron chi connectivity index (χ2n) is 0.886. The summed E-state index contributed by atoms with van der Waals surface area (Å²) in [6, 6.07) is 0. The Bertz CT molecular complexity index is 97.0. The third-order valence-corrected chi connectivity index (χ3v) is 0.431. The fourth-order valence-electron chi connectivity index (χ4n) is 0.209.